The normalized spacial score (nSPS) is 18.4. The van der Waals surface area contributed by atoms with Gasteiger partial charge in [0.2, 0.25) is 5.56 Å². The zero-order valence-electron chi connectivity index (χ0n) is 24.8. The highest BCUT2D eigenvalue weighted by Gasteiger charge is 2.50. The second-order valence-corrected chi connectivity index (χ2v) is 12.8. The molecule has 10 heteroatoms. The first-order valence-electron chi connectivity index (χ1n) is 14.9. The van der Waals surface area contributed by atoms with E-state index in [1.54, 1.807) is 22.1 Å². The summed E-state index contributed by atoms with van der Waals surface area (Å²) in [6, 6.07) is 14.1. The molecule has 7 rings (SSSR count). The van der Waals surface area contributed by atoms with Crippen LogP contribution in [0.1, 0.15) is 73.0 Å². The summed E-state index contributed by atoms with van der Waals surface area (Å²) >= 11 is 1.73. The van der Waals surface area contributed by atoms with Gasteiger partial charge in [-0.15, -0.1) is 16.4 Å². The summed E-state index contributed by atoms with van der Waals surface area (Å²) in [4.78, 5) is 30.8. The van der Waals surface area contributed by atoms with Crippen LogP contribution < -0.4 is 10.3 Å². The Morgan fingerprint density at radius 1 is 1.23 bits per heavy atom. The third kappa shape index (κ3) is 5.02. The lowest BCUT2D eigenvalue weighted by Crippen LogP contribution is -2.36. The van der Waals surface area contributed by atoms with Gasteiger partial charge in [-0.05, 0) is 90.9 Å². The third-order valence-corrected chi connectivity index (χ3v) is 10.1. The van der Waals surface area contributed by atoms with Crippen LogP contribution in [-0.4, -0.2) is 49.6 Å². The largest absolute Gasteiger partial charge is 0.484 e. The number of H-pyrrole nitrogens is 1. The zero-order valence-corrected chi connectivity index (χ0v) is 25.7. The molecule has 0 radical (unpaired) electrons. The first kappa shape index (κ1) is 27.8. The molecular formula is C33H35N5O4S. The Morgan fingerprint density at radius 3 is 2.86 bits per heavy atom. The number of aromatic amines is 1. The lowest BCUT2D eigenvalue weighted by atomic mass is 9.84. The molecule has 222 valence electrons. The van der Waals surface area contributed by atoms with Gasteiger partial charge in [0.25, 0.3) is 0 Å². The standard InChI is InChI=1S/C33H35N5O4S/c1-5-41-29(40)16-25(24-6-7-26-30(19(24)2)35-36-37(26)4)22-14-21-10-13-43-32(21)23(15-22)17-38-18-33(11-12-33)42-27-8-9-28(39)34-31(27)20(38)3/h6-10,13-15,20,25H,5,11-12,16-18H2,1-4H3,(H,34,39)/t20-,25-/m1/s1. The van der Waals surface area contributed by atoms with E-state index in [4.69, 9.17) is 9.47 Å². The average molecular weight is 598 g/mol. The third-order valence-electron chi connectivity index (χ3n) is 9.06. The van der Waals surface area contributed by atoms with Crippen LogP contribution in [0.4, 0.5) is 0 Å². The van der Waals surface area contributed by atoms with Crippen molar-refractivity contribution in [2.75, 3.05) is 13.2 Å². The molecule has 1 saturated carbocycles. The van der Waals surface area contributed by atoms with Crippen molar-refractivity contribution < 1.29 is 14.3 Å². The van der Waals surface area contributed by atoms with Gasteiger partial charge in [-0.25, -0.2) is 4.68 Å². The van der Waals surface area contributed by atoms with Crippen molar-refractivity contribution >= 4 is 38.4 Å². The summed E-state index contributed by atoms with van der Waals surface area (Å²) in [6.45, 7) is 7.82. The molecule has 1 aliphatic heterocycles. The number of hydrogen-bond acceptors (Lipinski definition) is 8. The number of carbonyl (C=O) groups is 1. The number of carbonyl (C=O) groups excluding carboxylic acids is 1. The molecule has 5 aromatic rings. The van der Waals surface area contributed by atoms with E-state index in [1.807, 2.05) is 26.1 Å². The Labute approximate surface area is 253 Å². The molecule has 1 fully saturated rings. The van der Waals surface area contributed by atoms with Gasteiger partial charge in [0.15, 0.2) is 0 Å². The molecule has 9 nitrogen and oxygen atoms in total. The smallest absolute Gasteiger partial charge is 0.306 e. The maximum Gasteiger partial charge on any atom is 0.306 e. The van der Waals surface area contributed by atoms with E-state index >= 15 is 0 Å². The number of benzene rings is 2. The number of aromatic nitrogens is 4. The van der Waals surface area contributed by atoms with Crippen LogP contribution in [0.2, 0.25) is 0 Å². The van der Waals surface area contributed by atoms with Crippen molar-refractivity contribution in [2.45, 2.75) is 64.1 Å². The second-order valence-electron chi connectivity index (χ2n) is 11.9. The summed E-state index contributed by atoms with van der Waals surface area (Å²) in [5.41, 5.74) is 6.58. The van der Waals surface area contributed by atoms with E-state index < -0.39 is 0 Å². The fraction of sp³-hybridized carbons (Fsp3) is 0.394. The van der Waals surface area contributed by atoms with Gasteiger partial charge in [-0.1, -0.05) is 17.3 Å². The van der Waals surface area contributed by atoms with E-state index in [9.17, 15) is 9.59 Å². The number of esters is 1. The van der Waals surface area contributed by atoms with Crippen LogP contribution in [-0.2, 0) is 23.1 Å². The first-order valence-corrected chi connectivity index (χ1v) is 15.7. The maximum atomic E-state index is 13.0. The molecule has 3 aromatic heterocycles. The Kier molecular flexibility index (Phi) is 6.85. The lowest BCUT2D eigenvalue weighted by molar-refractivity contribution is -0.143. The minimum absolute atomic E-state index is 0.0424. The van der Waals surface area contributed by atoms with Crippen LogP contribution in [0.25, 0.3) is 21.1 Å². The van der Waals surface area contributed by atoms with Gasteiger partial charge >= 0.3 is 5.97 Å². The van der Waals surface area contributed by atoms with E-state index in [0.717, 1.165) is 63.9 Å². The van der Waals surface area contributed by atoms with Crippen LogP contribution in [0, 0.1) is 6.92 Å². The number of aryl methyl sites for hydroxylation is 2. The van der Waals surface area contributed by atoms with Crippen molar-refractivity contribution in [2.24, 2.45) is 7.05 Å². The van der Waals surface area contributed by atoms with Crippen molar-refractivity contribution in [3.8, 4) is 5.75 Å². The Morgan fingerprint density at radius 2 is 2.07 bits per heavy atom. The van der Waals surface area contributed by atoms with E-state index in [-0.39, 0.29) is 35.5 Å². The quantitative estimate of drug-likeness (QED) is 0.238. The average Bonchev–Trinajstić information content (AvgIpc) is 3.40. The number of nitrogens with zero attached hydrogens (tertiary/aromatic N) is 4. The highest BCUT2D eigenvalue weighted by Crippen LogP contribution is 2.47. The highest BCUT2D eigenvalue weighted by molar-refractivity contribution is 7.17. The van der Waals surface area contributed by atoms with Gasteiger partial charge in [-0.2, -0.15) is 0 Å². The second kappa shape index (κ2) is 10.6. The number of thiophene rings is 1. The number of pyridine rings is 1. The molecule has 0 bridgehead atoms. The zero-order chi connectivity index (χ0) is 29.9. The predicted molar refractivity (Wildman–Crippen MR) is 167 cm³/mol. The molecule has 43 heavy (non-hydrogen) atoms. The molecule has 0 saturated heterocycles. The maximum absolute atomic E-state index is 13.0. The lowest BCUT2D eigenvalue weighted by Gasteiger charge is -2.29. The Hall–Kier alpha value is -4.02. The van der Waals surface area contributed by atoms with E-state index in [0.29, 0.717) is 13.2 Å². The van der Waals surface area contributed by atoms with Crippen LogP contribution in [0.3, 0.4) is 0 Å². The fourth-order valence-corrected chi connectivity index (χ4v) is 7.45. The van der Waals surface area contributed by atoms with Crippen LogP contribution >= 0.6 is 11.3 Å². The number of fused-ring (bicyclic) bond motifs is 3. The Bertz CT molecular complexity index is 1920. The van der Waals surface area contributed by atoms with Crippen molar-refractivity contribution in [1.29, 1.82) is 0 Å². The summed E-state index contributed by atoms with van der Waals surface area (Å²) < 4.78 is 14.9. The Balaban J connectivity index is 1.32. The first-order chi connectivity index (χ1) is 20.7. The number of hydrogen-bond donors (Lipinski definition) is 1. The predicted octanol–water partition coefficient (Wildman–Crippen LogP) is 5.75. The van der Waals surface area contributed by atoms with Gasteiger partial charge in [0, 0.05) is 36.8 Å². The summed E-state index contributed by atoms with van der Waals surface area (Å²) in [6.07, 6.45) is 2.21. The number of rotatable bonds is 7. The van der Waals surface area contributed by atoms with Gasteiger partial charge in [-0.3, -0.25) is 14.5 Å². The van der Waals surface area contributed by atoms with Crippen LogP contribution in [0.15, 0.2) is 52.6 Å². The monoisotopic (exact) mass is 597 g/mol. The highest BCUT2D eigenvalue weighted by atomic mass is 32.1. The van der Waals surface area contributed by atoms with Crippen molar-refractivity contribution in [3.63, 3.8) is 0 Å². The topological polar surface area (TPSA) is 102 Å². The molecule has 1 N–H and O–H groups in total. The van der Waals surface area contributed by atoms with Gasteiger partial charge in [0.1, 0.15) is 16.9 Å². The molecule has 2 atom stereocenters. The summed E-state index contributed by atoms with van der Waals surface area (Å²) in [7, 11) is 1.88. The van der Waals surface area contributed by atoms with Gasteiger partial charge < -0.3 is 14.5 Å². The molecule has 1 spiro atoms. The van der Waals surface area contributed by atoms with Crippen molar-refractivity contribution in [1.82, 2.24) is 24.9 Å². The molecular weight excluding hydrogens is 562 g/mol. The number of ether oxygens (including phenoxy) is 2. The minimum atomic E-state index is -0.229. The molecule has 2 aliphatic rings. The molecule has 4 heterocycles. The summed E-state index contributed by atoms with van der Waals surface area (Å²) in [5.74, 6) is 0.324. The fourth-order valence-electron chi connectivity index (χ4n) is 6.56. The number of nitrogens with one attached hydrogen (secondary N) is 1. The van der Waals surface area contributed by atoms with Crippen LogP contribution in [0.5, 0.6) is 5.75 Å². The molecule has 0 unspecified atom stereocenters. The van der Waals surface area contributed by atoms with Crippen molar-refractivity contribution in [3.05, 3.63) is 86.1 Å². The van der Waals surface area contributed by atoms with Gasteiger partial charge in [0.05, 0.1) is 30.3 Å². The van der Waals surface area contributed by atoms with E-state index in [1.165, 1.54) is 10.3 Å². The SMILES string of the molecule is CCOC(=O)C[C@H](c1cc(CN2CC3(CC3)Oc3ccc(=O)[nH]c3[C@H]2C)c2sccc2c1)c1ccc2c(nnn2C)c1C. The molecule has 1 aliphatic carbocycles. The molecule has 0 amide bonds. The summed E-state index contributed by atoms with van der Waals surface area (Å²) in [5, 5.41) is 11.9. The minimum Gasteiger partial charge on any atom is -0.484 e. The van der Waals surface area contributed by atoms with E-state index in [2.05, 4.69) is 63.7 Å². The molecule has 2 aromatic carbocycles.